The van der Waals surface area contributed by atoms with Crippen LogP contribution in [-0.4, -0.2) is 60.9 Å². The molecule has 1 aromatic carbocycles. The molecule has 2 N–H and O–H groups in total. The second-order valence-electron chi connectivity index (χ2n) is 5.38. The van der Waals surface area contributed by atoms with Crippen LogP contribution in [0.3, 0.4) is 0 Å². The van der Waals surface area contributed by atoms with Gasteiger partial charge in [0, 0.05) is 19.6 Å². The van der Waals surface area contributed by atoms with E-state index in [0.717, 1.165) is 37.4 Å². The fourth-order valence-corrected chi connectivity index (χ4v) is 2.09. The van der Waals surface area contributed by atoms with E-state index in [1.807, 2.05) is 32.3 Å². The zero-order valence-corrected chi connectivity index (χ0v) is 13.9. The highest BCUT2D eigenvalue weighted by Crippen LogP contribution is 2.17. The Kier molecular flexibility index (Phi) is 6.56. The average molecular weight is 316 g/mol. The van der Waals surface area contributed by atoms with E-state index in [0.29, 0.717) is 11.8 Å². The maximum absolute atomic E-state index is 5.35. The Hall–Kier alpha value is -2.41. The average Bonchev–Trinajstić information content (AvgIpc) is 2.55. The number of methoxy groups -OCH3 is 1. The van der Waals surface area contributed by atoms with Crippen molar-refractivity contribution in [2.24, 2.45) is 0 Å². The van der Waals surface area contributed by atoms with Gasteiger partial charge in [-0.1, -0.05) is 18.2 Å². The van der Waals surface area contributed by atoms with Crippen molar-refractivity contribution in [3.8, 4) is 5.75 Å². The molecule has 7 nitrogen and oxygen atoms in total. The van der Waals surface area contributed by atoms with Crippen LogP contribution in [0.2, 0.25) is 0 Å². The molecule has 2 rings (SSSR count). The largest absolute Gasteiger partial charge is 0.496 e. The van der Waals surface area contributed by atoms with Crippen LogP contribution in [-0.2, 0) is 6.42 Å². The lowest BCUT2D eigenvalue weighted by molar-refractivity contribution is 0.410. The van der Waals surface area contributed by atoms with E-state index in [4.69, 9.17) is 4.74 Å². The van der Waals surface area contributed by atoms with Gasteiger partial charge < -0.3 is 20.3 Å². The topological polar surface area (TPSA) is 75.2 Å². The fraction of sp³-hybridized carbons (Fsp3) is 0.438. The Labute approximate surface area is 137 Å². The van der Waals surface area contributed by atoms with Gasteiger partial charge in [0.25, 0.3) is 0 Å². The van der Waals surface area contributed by atoms with Gasteiger partial charge in [0.15, 0.2) is 5.82 Å². The van der Waals surface area contributed by atoms with Crippen LogP contribution >= 0.6 is 0 Å². The zero-order valence-electron chi connectivity index (χ0n) is 13.9. The summed E-state index contributed by atoms with van der Waals surface area (Å²) in [5.41, 5.74) is 1.16. The quantitative estimate of drug-likeness (QED) is 0.726. The molecule has 2 aromatic rings. The first-order valence-electron chi connectivity index (χ1n) is 7.63. The van der Waals surface area contributed by atoms with Gasteiger partial charge in [-0.25, -0.2) is 0 Å². The summed E-state index contributed by atoms with van der Waals surface area (Å²) in [6.45, 7) is 2.43. The van der Waals surface area contributed by atoms with Crippen LogP contribution in [0.25, 0.3) is 0 Å². The lowest BCUT2D eigenvalue weighted by atomic mass is 10.1. The summed E-state index contributed by atoms with van der Waals surface area (Å²) in [5, 5.41) is 14.4. The first-order valence-corrected chi connectivity index (χ1v) is 7.63. The Morgan fingerprint density at radius 1 is 1.13 bits per heavy atom. The van der Waals surface area contributed by atoms with Crippen LogP contribution in [0, 0.1) is 0 Å². The van der Waals surface area contributed by atoms with Gasteiger partial charge in [0.2, 0.25) is 5.95 Å². The number of likely N-dealkylation sites (N-methyl/N-ethyl adjacent to an activating group) is 1. The van der Waals surface area contributed by atoms with Crippen molar-refractivity contribution >= 4 is 11.8 Å². The normalized spacial score (nSPS) is 10.6. The minimum atomic E-state index is 0.536. The van der Waals surface area contributed by atoms with Gasteiger partial charge >= 0.3 is 0 Å². The van der Waals surface area contributed by atoms with Gasteiger partial charge in [-0.2, -0.15) is 10.1 Å². The molecule has 1 heterocycles. The molecule has 23 heavy (non-hydrogen) atoms. The summed E-state index contributed by atoms with van der Waals surface area (Å²) in [7, 11) is 5.74. The van der Waals surface area contributed by atoms with Gasteiger partial charge in [-0.05, 0) is 32.1 Å². The maximum atomic E-state index is 5.35. The number of rotatable bonds is 9. The van der Waals surface area contributed by atoms with Crippen LogP contribution in [0.1, 0.15) is 5.56 Å². The Morgan fingerprint density at radius 2 is 1.96 bits per heavy atom. The molecule has 0 atom stereocenters. The molecule has 0 aliphatic carbocycles. The van der Waals surface area contributed by atoms with Crippen LogP contribution in [0.4, 0.5) is 11.8 Å². The molecule has 1 aromatic heterocycles. The monoisotopic (exact) mass is 316 g/mol. The number of hydrogen-bond donors (Lipinski definition) is 2. The van der Waals surface area contributed by atoms with Crippen LogP contribution < -0.4 is 15.4 Å². The third-order valence-corrected chi connectivity index (χ3v) is 3.29. The molecule has 0 aliphatic heterocycles. The number of ether oxygens (including phenoxy) is 1. The van der Waals surface area contributed by atoms with Crippen molar-refractivity contribution in [2.45, 2.75) is 6.42 Å². The van der Waals surface area contributed by atoms with E-state index in [-0.39, 0.29) is 0 Å². The summed E-state index contributed by atoms with van der Waals surface area (Å²) < 4.78 is 5.35. The molecular weight excluding hydrogens is 292 g/mol. The number of hydrogen-bond acceptors (Lipinski definition) is 7. The Morgan fingerprint density at radius 3 is 2.74 bits per heavy atom. The van der Waals surface area contributed by atoms with E-state index in [9.17, 15) is 0 Å². The zero-order chi connectivity index (χ0) is 16.5. The molecule has 0 fully saturated rings. The van der Waals surface area contributed by atoms with E-state index in [1.165, 1.54) is 0 Å². The number of nitrogens with zero attached hydrogens (tertiary/aromatic N) is 4. The van der Waals surface area contributed by atoms with Crippen molar-refractivity contribution in [1.29, 1.82) is 0 Å². The fourth-order valence-electron chi connectivity index (χ4n) is 2.09. The lowest BCUT2D eigenvalue weighted by Gasteiger charge is -2.11. The first kappa shape index (κ1) is 17.0. The number of benzene rings is 1. The van der Waals surface area contributed by atoms with Gasteiger partial charge in [0.1, 0.15) is 5.75 Å². The summed E-state index contributed by atoms with van der Waals surface area (Å²) in [6, 6.07) is 8.01. The molecule has 0 bridgehead atoms. The summed E-state index contributed by atoms with van der Waals surface area (Å²) in [6.07, 6.45) is 2.47. The Bertz CT molecular complexity index is 605. The number of para-hydroxylation sites is 1. The molecule has 0 aliphatic rings. The predicted molar refractivity (Wildman–Crippen MR) is 92.1 cm³/mol. The number of nitrogens with one attached hydrogen (secondary N) is 2. The predicted octanol–water partition coefficient (Wildman–Crippen LogP) is 1.51. The standard InChI is InChI=1S/C16H24N6O/c1-22(2)11-10-18-16-20-15(12-19-21-16)17-9-8-13-6-4-5-7-14(13)23-3/h4-7,12H,8-11H2,1-3H3,(H2,17,18,20,21). The third kappa shape index (κ3) is 5.71. The molecule has 0 saturated carbocycles. The summed E-state index contributed by atoms with van der Waals surface area (Å²) in [5.74, 6) is 2.15. The highest BCUT2D eigenvalue weighted by molar-refractivity contribution is 5.38. The Balaban J connectivity index is 1.83. The highest BCUT2D eigenvalue weighted by Gasteiger charge is 2.03. The van der Waals surface area contributed by atoms with Gasteiger partial charge in [0.05, 0.1) is 13.3 Å². The summed E-state index contributed by atoms with van der Waals surface area (Å²) in [4.78, 5) is 6.49. The van der Waals surface area contributed by atoms with Gasteiger partial charge in [-0.3, -0.25) is 0 Å². The second-order valence-corrected chi connectivity index (χ2v) is 5.38. The maximum Gasteiger partial charge on any atom is 0.244 e. The molecule has 0 saturated heterocycles. The number of aromatic nitrogens is 3. The molecule has 0 amide bonds. The molecule has 0 radical (unpaired) electrons. The van der Waals surface area contributed by atoms with Crippen LogP contribution in [0.5, 0.6) is 5.75 Å². The summed E-state index contributed by atoms with van der Waals surface area (Å²) >= 11 is 0. The third-order valence-electron chi connectivity index (χ3n) is 3.29. The SMILES string of the molecule is COc1ccccc1CCNc1cnnc(NCCN(C)C)n1. The number of anilines is 2. The molecule has 7 heteroatoms. The molecular formula is C16H24N6O. The van der Waals surface area contributed by atoms with Crippen molar-refractivity contribution in [1.82, 2.24) is 20.1 Å². The first-order chi connectivity index (χ1) is 11.2. The molecule has 0 unspecified atom stereocenters. The minimum absolute atomic E-state index is 0.536. The van der Waals surface area contributed by atoms with Crippen molar-refractivity contribution < 1.29 is 4.74 Å². The van der Waals surface area contributed by atoms with E-state index in [1.54, 1.807) is 13.3 Å². The van der Waals surface area contributed by atoms with E-state index >= 15 is 0 Å². The van der Waals surface area contributed by atoms with Crippen molar-refractivity contribution in [3.63, 3.8) is 0 Å². The second kappa shape index (κ2) is 8.89. The van der Waals surface area contributed by atoms with Crippen molar-refractivity contribution in [2.75, 3.05) is 51.5 Å². The molecule has 124 valence electrons. The smallest absolute Gasteiger partial charge is 0.244 e. The molecule has 0 spiro atoms. The van der Waals surface area contributed by atoms with Crippen LogP contribution in [0.15, 0.2) is 30.5 Å². The lowest BCUT2D eigenvalue weighted by Crippen LogP contribution is -2.21. The minimum Gasteiger partial charge on any atom is -0.496 e. The van der Waals surface area contributed by atoms with Gasteiger partial charge in [-0.15, -0.1) is 5.10 Å². The van der Waals surface area contributed by atoms with E-state index < -0.39 is 0 Å². The highest BCUT2D eigenvalue weighted by atomic mass is 16.5. The van der Waals surface area contributed by atoms with Crippen molar-refractivity contribution in [3.05, 3.63) is 36.0 Å². The van der Waals surface area contributed by atoms with E-state index in [2.05, 4.69) is 36.8 Å².